The second-order valence-corrected chi connectivity index (χ2v) is 8.34. The van der Waals surface area contributed by atoms with Gasteiger partial charge in [0, 0.05) is 11.6 Å². The molecular weight excluding hydrogens is 467 g/mol. The zero-order valence-electron chi connectivity index (χ0n) is 19.5. The third kappa shape index (κ3) is 6.53. The van der Waals surface area contributed by atoms with Crippen molar-refractivity contribution in [2.75, 3.05) is 7.11 Å². The van der Waals surface area contributed by atoms with Crippen LogP contribution in [0.1, 0.15) is 24.2 Å². The summed E-state index contributed by atoms with van der Waals surface area (Å²) in [4.78, 5) is 0. The number of halogens is 2. The first-order valence-corrected chi connectivity index (χ1v) is 11.6. The SMILES string of the molecule is COc1ccc(CO[C@@H](C)[C@H](Oc2ccccc2Cl)c2ccc(F)cc2Oc2ccccc2)cc1. The lowest BCUT2D eigenvalue weighted by Gasteiger charge is -2.28. The lowest BCUT2D eigenvalue weighted by atomic mass is 10.0. The summed E-state index contributed by atoms with van der Waals surface area (Å²) in [5, 5.41) is 0.465. The molecule has 35 heavy (non-hydrogen) atoms. The molecule has 0 radical (unpaired) electrons. The fraction of sp³-hybridized carbons (Fsp3) is 0.172. The Balaban J connectivity index is 1.64. The van der Waals surface area contributed by atoms with Crippen LogP contribution in [0, 0.1) is 5.82 Å². The molecule has 6 heteroatoms. The Hall–Kier alpha value is -3.54. The van der Waals surface area contributed by atoms with E-state index >= 15 is 0 Å². The standard InChI is InChI=1S/C29H26ClFO4/c1-20(33-19-21-12-15-23(32-2)16-13-21)29(35-27-11-7-6-10-26(27)30)25-17-14-22(31)18-28(25)34-24-8-4-3-5-9-24/h3-18,20,29H,19H2,1-2H3/t20-,29-/m0/s1. The first kappa shape index (κ1) is 24.6. The number of hydrogen-bond acceptors (Lipinski definition) is 4. The molecule has 0 aliphatic carbocycles. The first-order chi connectivity index (χ1) is 17.0. The van der Waals surface area contributed by atoms with E-state index in [4.69, 9.17) is 30.5 Å². The molecule has 0 unspecified atom stereocenters. The number of hydrogen-bond donors (Lipinski definition) is 0. The van der Waals surface area contributed by atoms with Crippen LogP contribution in [0.3, 0.4) is 0 Å². The summed E-state index contributed by atoms with van der Waals surface area (Å²) in [7, 11) is 1.63. The molecule has 0 aliphatic heterocycles. The lowest BCUT2D eigenvalue weighted by Crippen LogP contribution is -2.25. The van der Waals surface area contributed by atoms with Crippen LogP contribution in [-0.4, -0.2) is 13.2 Å². The Bertz CT molecular complexity index is 1230. The van der Waals surface area contributed by atoms with E-state index in [1.807, 2.05) is 73.7 Å². The normalized spacial score (nSPS) is 12.6. The highest BCUT2D eigenvalue weighted by Crippen LogP contribution is 2.37. The van der Waals surface area contributed by atoms with Gasteiger partial charge in [0.05, 0.1) is 24.8 Å². The minimum Gasteiger partial charge on any atom is -0.497 e. The molecule has 4 aromatic rings. The molecule has 180 valence electrons. The van der Waals surface area contributed by atoms with Gasteiger partial charge in [-0.2, -0.15) is 0 Å². The second kappa shape index (κ2) is 11.7. The molecule has 0 fully saturated rings. The van der Waals surface area contributed by atoms with Gasteiger partial charge in [0.25, 0.3) is 0 Å². The van der Waals surface area contributed by atoms with E-state index in [0.29, 0.717) is 34.4 Å². The molecule has 4 rings (SSSR count). The van der Waals surface area contributed by atoms with Crippen molar-refractivity contribution in [1.82, 2.24) is 0 Å². The van der Waals surface area contributed by atoms with Gasteiger partial charge in [-0.3, -0.25) is 0 Å². The highest BCUT2D eigenvalue weighted by atomic mass is 35.5. The summed E-state index contributed by atoms with van der Waals surface area (Å²) in [5.41, 5.74) is 1.62. The van der Waals surface area contributed by atoms with E-state index in [9.17, 15) is 4.39 Å². The Morgan fingerprint density at radius 2 is 1.51 bits per heavy atom. The third-order valence-electron chi connectivity index (χ3n) is 5.44. The van der Waals surface area contributed by atoms with Crippen molar-refractivity contribution in [2.24, 2.45) is 0 Å². The summed E-state index contributed by atoms with van der Waals surface area (Å²) >= 11 is 6.39. The maximum absolute atomic E-state index is 14.3. The van der Waals surface area contributed by atoms with E-state index in [1.54, 1.807) is 25.3 Å². The van der Waals surface area contributed by atoms with Crippen molar-refractivity contribution in [3.63, 3.8) is 0 Å². The fourth-order valence-corrected chi connectivity index (χ4v) is 3.75. The van der Waals surface area contributed by atoms with Crippen molar-refractivity contribution in [3.8, 4) is 23.0 Å². The summed E-state index contributed by atoms with van der Waals surface area (Å²) in [6, 6.07) is 28.4. The van der Waals surface area contributed by atoms with Crippen molar-refractivity contribution in [1.29, 1.82) is 0 Å². The van der Waals surface area contributed by atoms with E-state index in [1.165, 1.54) is 12.1 Å². The van der Waals surface area contributed by atoms with E-state index < -0.39 is 18.0 Å². The maximum atomic E-state index is 14.3. The monoisotopic (exact) mass is 492 g/mol. The molecule has 0 saturated carbocycles. The van der Waals surface area contributed by atoms with Crippen LogP contribution < -0.4 is 14.2 Å². The van der Waals surface area contributed by atoms with Crippen LogP contribution in [0.15, 0.2) is 97.1 Å². The summed E-state index contributed by atoms with van der Waals surface area (Å²) in [6.45, 7) is 2.25. The van der Waals surface area contributed by atoms with Crippen molar-refractivity contribution >= 4 is 11.6 Å². The predicted octanol–water partition coefficient (Wildman–Crippen LogP) is 8.01. The minimum atomic E-state index is -0.632. The van der Waals surface area contributed by atoms with Gasteiger partial charge < -0.3 is 18.9 Å². The Labute approximate surface area is 209 Å². The molecule has 0 aliphatic rings. The zero-order valence-corrected chi connectivity index (χ0v) is 20.2. The molecule has 0 aromatic heterocycles. The van der Waals surface area contributed by atoms with Gasteiger partial charge in [-0.05, 0) is 61.0 Å². The third-order valence-corrected chi connectivity index (χ3v) is 5.75. The fourth-order valence-electron chi connectivity index (χ4n) is 3.57. The largest absolute Gasteiger partial charge is 0.497 e. The average molecular weight is 493 g/mol. The van der Waals surface area contributed by atoms with Gasteiger partial charge in [0.1, 0.15) is 28.8 Å². The van der Waals surface area contributed by atoms with Crippen LogP contribution in [0.4, 0.5) is 4.39 Å². The minimum absolute atomic E-state index is 0.341. The van der Waals surface area contributed by atoms with Crippen molar-refractivity contribution in [2.45, 2.75) is 25.7 Å². The Morgan fingerprint density at radius 3 is 2.23 bits per heavy atom. The lowest BCUT2D eigenvalue weighted by molar-refractivity contribution is -0.0257. The quantitative estimate of drug-likeness (QED) is 0.225. The number of rotatable bonds is 10. The van der Waals surface area contributed by atoms with Gasteiger partial charge in [-0.25, -0.2) is 4.39 Å². The molecule has 0 bridgehead atoms. The zero-order chi connectivity index (χ0) is 24.6. The molecule has 0 heterocycles. The Morgan fingerprint density at radius 1 is 0.800 bits per heavy atom. The van der Waals surface area contributed by atoms with Gasteiger partial charge >= 0.3 is 0 Å². The molecule has 2 atom stereocenters. The highest BCUT2D eigenvalue weighted by molar-refractivity contribution is 6.32. The summed E-state index contributed by atoms with van der Waals surface area (Å²) in [6.07, 6.45) is -1.07. The summed E-state index contributed by atoms with van der Waals surface area (Å²) < 4.78 is 38.1. The Kier molecular flexibility index (Phi) is 8.24. The first-order valence-electron chi connectivity index (χ1n) is 11.2. The second-order valence-electron chi connectivity index (χ2n) is 7.93. The van der Waals surface area contributed by atoms with E-state index in [2.05, 4.69) is 0 Å². The molecule has 4 nitrogen and oxygen atoms in total. The average Bonchev–Trinajstić information content (AvgIpc) is 2.88. The molecule has 4 aromatic carbocycles. The maximum Gasteiger partial charge on any atom is 0.153 e. The van der Waals surface area contributed by atoms with E-state index in [0.717, 1.165) is 11.3 Å². The van der Waals surface area contributed by atoms with Gasteiger partial charge in [-0.1, -0.05) is 54.1 Å². The van der Waals surface area contributed by atoms with E-state index in [-0.39, 0.29) is 0 Å². The number of methoxy groups -OCH3 is 1. The molecule has 0 amide bonds. The van der Waals surface area contributed by atoms with Gasteiger partial charge in [0.2, 0.25) is 0 Å². The topological polar surface area (TPSA) is 36.9 Å². The van der Waals surface area contributed by atoms with Crippen LogP contribution in [0.5, 0.6) is 23.0 Å². The number of ether oxygens (including phenoxy) is 4. The van der Waals surface area contributed by atoms with Crippen LogP contribution in [0.25, 0.3) is 0 Å². The van der Waals surface area contributed by atoms with Gasteiger partial charge in [0.15, 0.2) is 6.10 Å². The number of para-hydroxylation sites is 2. The molecule has 0 N–H and O–H groups in total. The predicted molar refractivity (Wildman–Crippen MR) is 135 cm³/mol. The van der Waals surface area contributed by atoms with Gasteiger partial charge in [-0.15, -0.1) is 0 Å². The van der Waals surface area contributed by atoms with Crippen molar-refractivity contribution in [3.05, 3.63) is 119 Å². The number of benzene rings is 4. The molecular formula is C29H26ClFO4. The highest BCUT2D eigenvalue weighted by Gasteiger charge is 2.27. The van der Waals surface area contributed by atoms with Crippen LogP contribution in [-0.2, 0) is 11.3 Å². The molecule has 0 saturated heterocycles. The van der Waals surface area contributed by atoms with Crippen LogP contribution in [0.2, 0.25) is 5.02 Å². The van der Waals surface area contributed by atoms with Crippen molar-refractivity contribution < 1.29 is 23.3 Å². The summed E-state index contributed by atoms with van der Waals surface area (Å²) in [5.74, 6) is 1.78. The smallest absolute Gasteiger partial charge is 0.153 e. The van der Waals surface area contributed by atoms with Crippen LogP contribution >= 0.6 is 11.6 Å². The molecule has 0 spiro atoms.